The number of carbonyl (C=O) groups excluding carboxylic acids is 1. The van der Waals surface area contributed by atoms with Gasteiger partial charge in [-0.25, -0.2) is 0 Å². The van der Waals surface area contributed by atoms with Gasteiger partial charge in [0.25, 0.3) is 0 Å². The van der Waals surface area contributed by atoms with E-state index in [4.69, 9.17) is 23.7 Å². The van der Waals surface area contributed by atoms with E-state index in [9.17, 15) is 4.79 Å². The zero-order valence-electron chi connectivity index (χ0n) is 16.8. The standard InChI is InChI=1S/C23H22O6/c1-23(2)8-7-13-16(29-23)6-5-14-20(24)19-15-10-18(26-4)17(25-3)9-12(15)11-27-22(19)28-21(13)14/h5-10,19,22H,11H2,1-4H3/t19-,22+/m1/s1. The molecule has 0 N–H and O–H groups in total. The summed E-state index contributed by atoms with van der Waals surface area (Å²) in [5.41, 5.74) is 2.64. The molecular weight excluding hydrogens is 372 g/mol. The smallest absolute Gasteiger partial charge is 0.214 e. The van der Waals surface area contributed by atoms with E-state index >= 15 is 0 Å². The third kappa shape index (κ3) is 2.70. The lowest BCUT2D eigenvalue weighted by Gasteiger charge is -2.38. The molecule has 3 aliphatic heterocycles. The molecule has 3 aliphatic rings. The highest BCUT2D eigenvalue weighted by Gasteiger charge is 2.44. The van der Waals surface area contributed by atoms with E-state index in [1.807, 2.05) is 44.2 Å². The van der Waals surface area contributed by atoms with Crippen molar-refractivity contribution < 1.29 is 28.5 Å². The van der Waals surface area contributed by atoms with E-state index in [0.717, 1.165) is 16.7 Å². The minimum absolute atomic E-state index is 0.0366. The van der Waals surface area contributed by atoms with Crippen molar-refractivity contribution in [2.75, 3.05) is 14.2 Å². The van der Waals surface area contributed by atoms with Crippen molar-refractivity contribution in [2.45, 2.75) is 38.3 Å². The van der Waals surface area contributed by atoms with Crippen LogP contribution in [-0.4, -0.2) is 31.9 Å². The minimum Gasteiger partial charge on any atom is -0.493 e. The highest BCUT2D eigenvalue weighted by molar-refractivity contribution is 6.06. The molecule has 6 nitrogen and oxygen atoms in total. The maximum atomic E-state index is 13.5. The van der Waals surface area contributed by atoms with Gasteiger partial charge in [0, 0.05) is 0 Å². The number of ketones is 1. The Morgan fingerprint density at radius 3 is 2.62 bits per heavy atom. The van der Waals surface area contributed by atoms with Gasteiger partial charge in [0.2, 0.25) is 6.29 Å². The van der Waals surface area contributed by atoms with Crippen LogP contribution in [0.15, 0.2) is 30.3 Å². The Morgan fingerprint density at radius 1 is 1.10 bits per heavy atom. The number of methoxy groups -OCH3 is 2. The fraction of sp³-hybridized carbons (Fsp3) is 0.348. The zero-order chi connectivity index (χ0) is 20.3. The predicted octanol–water partition coefficient (Wildman–Crippen LogP) is 4.10. The second-order valence-electron chi connectivity index (χ2n) is 7.94. The average molecular weight is 394 g/mol. The van der Waals surface area contributed by atoms with E-state index in [1.165, 1.54) is 0 Å². The lowest BCUT2D eigenvalue weighted by Crippen LogP contribution is -2.41. The van der Waals surface area contributed by atoms with Crippen molar-refractivity contribution in [1.82, 2.24) is 0 Å². The van der Waals surface area contributed by atoms with Gasteiger partial charge in [-0.1, -0.05) is 0 Å². The highest BCUT2D eigenvalue weighted by Crippen LogP contribution is 2.48. The Labute approximate surface area is 169 Å². The number of rotatable bonds is 2. The molecule has 2 aromatic rings. The summed E-state index contributed by atoms with van der Waals surface area (Å²) >= 11 is 0. The summed E-state index contributed by atoms with van der Waals surface area (Å²) in [6.07, 6.45) is 3.22. The molecule has 3 heterocycles. The van der Waals surface area contributed by atoms with Crippen molar-refractivity contribution in [3.8, 4) is 23.0 Å². The molecule has 0 amide bonds. The Balaban J connectivity index is 1.61. The predicted molar refractivity (Wildman–Crippen MR) is 106 cm³/mol. The summed E-state index contributed by atoms with van der Waals surface area (Å²) in [6.45, 7) is 4.29. The van der Waals surface area contributed by atoms with Gasteiger partial charge in [-0.3, -0.25) is 4.79 Å². The van der Waals surface area contributed by atoms with Crippen molar-refractivity contribution in [2.24, 2.45) is 0 Å². The topological polar surface area (TPSA) is 63.2 Å². The molecule has 0 spiro atoms. The summed E-state index contributed by atoms with van der Waals surface area (Å²) in [5.74, 6) is 1.81. The first-order valence-electron chi connectivity index (χ1n) is 9.54. The number of carbonyl (C=O) groups is 1. The van der Waals surface area contributed by atoms with Gasteiger partial charge in [-0.2, -0.15) is 0 Å². The lowest BCUT2D eigenvalue weighted by atomic mass is 9.82. The molecule has 0 aromatic heterocycles. The van der Waals surface area contributed by atoms with Gasteiger partial charge in [-0.05, 0) is 61.4 Å². The fourth-order valence-corrected chi connectivity index (χ4v) is 4.17. The second kappa shape index (κ2) is 6.26. The molecule has 2 aromatic carbocycles. The van der Waals surface area contributed by atoms with Gasteiger partial charge in [0.05, 0.1) is 32.0 Å². The van der Waals surface area contributed by atoms with E-state index in [-0.39, 0.29) is 5.78 Å². The van der Waals surface area contributed by atoms with Crippen LogP contribution >= 0.6 is 0 Å². The number of hydrogen-bond acceptors (Lipinski definition) is 6. The van der Waals surface area contributed by atoms with Crippen LogP contribution in [0.25, 0.3) is 6.08 Å². The molecule has 150 valence electrons. The van der Waals surface area contributed by atoms with Crippen molar-refractivity contribution >= 4 is 11.9 Å². The number of ether oxygens (including phenoxy) is 5. The van der Waals surface area contributed by atoms with Crippen LogP contribution in [0.1, 0.15) is 46.8 Å². The number of hydrogen-bond donors (Lipinski definition) is 0. The van der Waals surface area contributed by atoms with Crippen LogP contribution in [0.3, 0.4) is 0 Å². The largest absolute Gasteiger partial charge is 0.493 e. The molecule has 0 bridgehead atoms. The first kappa shape index (κ1) is 18.1. The van der Waals surface area contributed by atoms with Crippen molar-refractivity contribution in [3.05, 3.63) is 52.6 Å². The van der Waals surface area contributed by atoms with Gasteiger partial charge >= 0.3 is 0 Å². The summed E-state index contributed by atoms with van der Waals surface area (Å²) in [6, 6.07) is 7.32. The van der Waals surface area contributed by atoms with Gasteiger partial charge in [0.15, 0.2) is 17.3 Å². The molecule has 0 unspecified atom stereocenters. The average Bonchev–Trinajstić information content (AvgIpc) is 2.71. The Hall–Kier alpha value is -2.99. The molecule has 5 rings (SSSR count). The molecule has 0 radical (unpaired) electrons. The molecule has 2 atom stereocenters. The SMILES string of the molecule is COc1cc2c(cc1OC)[C@@H]1C(=O)c3ccc4c(c3O[C@@H]1OC2)C=CC(C)(C)O4. The third-order valence-electron chi connectivity index (χ3n) is 5.62. The van der Waals surface area contributed by atoms with E-state index < -0.39 is 17.8 Å². The van der Waals surface area contributed by atoms with Gasteiger partial charge < -0.3 is 23.7 Å². The molecule has 0 fully saturated rings. The normalized spacial score (nSPS) is 23.0. The van der Waals surface area contributed by atoms with Crippen molar-refractivity contribution in [3.63, 3.8) is 0 Å². The molecule has 0 saturated carbocycles. The summed E-state index contributed by atoms with van der Waals surface area (Å²) < 4.78 is 29.0. The zero-order valence-corrected chi connectivity index (χ0v) is 16.8. The van der Waals surface area contributed by atoms with Crippen molar-refractivity contribution in [1.29, 1.82) is 0 Å². The third-order valence-corrected chi connectivity index (χ3v) is 5.62. The Bertz CT molecular complexity index is 1050. The monoisotopic (exact) mass is 394 g/mol. The van der Waals surface area contributed by atoms with E-state index in [1.54, 1.807) is 20.3 Å². The quantitative estimate of drug-likeness (QED) is 0.764. The maximum Gasteiger partial charge on any atom is 0.214 e. The summed E-state index contributed by atoms with van der Waals surface area (Å²) in [4.78, 5) is 13.5. The summed E-state index contributed by atoms with van der Waals surface area (Å²) in [5, 5.41) is 0. The van der Waals surface area contributed by atoms with E-state index in [0.29, 0.717) is 35.2 Å². The number of Topliss-reactive ketones (excluding diaryl/α,β-unsaturated/α-hetero) is 1. The molecule has 6 heteroatoms. The van der Waals surface area contributed by atoms with Gasteiger partial charge in [-0.15, -0.1) is 0 Å². The number of benzene rings is 2. The molecule has 29 heavy (non-hydrogen) atoms. The van der Waals surface area contributed by atoms with Crippen LogP contribution in [0.5, 0.6) is 23.0 Å². The first-order chi connectivity index (χ1) is 13.9. The second-order valence-corrected chi connectivity index (χ2v) is 7.94. The molecular formula is C23H22O6. The van der Waals surface area contributed by atoms with Crippen LogP contribution in [-0.2, 0) is 11.3 Å². The van der Waals surface area contributed by atoms with E-state index in [2.05, 4.69) is 0 Å². The van der Waals surface area contributed by atoms with Gasteiger partial charge in [0.1, 0.15) is 23.0 Å². The lowest BCUT2D eigenvalue weighted by molar-refractivity contribution is -0.112. The fourth-order valence-electron chi connectivity index (χ4n) is 4.17. The Morgan fingerprint density at radius 2 is 1.86 bits per heavy atom. The van der Waals surface area contributed by atoms with Crippen LogP contribution in [0, 0.1) is 0 Å². The highest BCUT2D eigenvalue weighted by atomic mass is 16.7. The van der Waals surface area contributed by atoms with Crippen LogP contribution in [0.4, 0.5) is 0 Å². The minimum atomic E-state index is -0.699. The summed E-state index contributed by atoms with van der Waals surface area (Å²) in [7, 11) is 3.16. The maximum absolute atomic E-state index is 13.5. The van der Waals surface area contributed by atoms with Crippen LogP contribution in [0.2, 0.25) is 0 Å². The molecule has 0 saturated heterocycles. The molecule has 0 aliphatic carbocycles. The first-order valence-corrected chi connectivity index (χ1v) is 9.54. The number of fused-ring (bicyclic) bond motifs is 6. The van der Waals surface area contributed by atoms with Crippen LogP contribution < -0.4 is 18.9 Å². The Kier molecular flexibility index (Phi) is 3.90.